The van der Waals surface area contributed by atoms with E-state index < -0.39 is 0 Å². The summed E-state index contributed by atoms with van der Waals surface area (Å²) >= 11 is 1.35. The zero-order valence-electron chi connectivity index (χ0n) is 10.0. The molecule has 1 atom stereocenters. The first-order valence-corrected chi connectivity index (χ1v) is 6.65. The molecule has 0 saturated heterocycles. The molecular weight excluding hydrogens is 250 g/mol. The van der Waals surface area contributed by atoms with Crippen LogP contribution in [0, 0.1) is 0 Å². The second-order valence-corrected chi connectivity index (χ2v) is 4.96. The second-order valence-electron chi connectivity index (χ2n) is 4.00. The maximum Gasteiger partial charge on any atom is 0.230 e. The summed E-state index contributed by atoms with van der Waals surface area (Å²) < 4.78 is 0. The maximum absolute atomic E-state index is 11.5. The van der Waals surface area contributed by atoms with E-state index in [9.17, 15) is 4.79 Å². The standard InChI is InChI=1S/C12H15N3O2S/c1-8(6-16)13-11(17)7-18-12-14-9-4-2-3-5-10(9)15-12/h2-5,8,16H,6-7H2,1H3,(H,13,17)(H,14,15). The predicted molar refractivity (Wildman–Crippen MR) is 71.5 cm³/mol. The third kappa shape index (κ3) is 3.24. The predicted octanol–water partition coefficient (Wildman–Crippen LogP) is 1.15. The molecule has 0 radical (unpaired) electrons. The average Bonchev–Trinajstić information content (AvgIpc) is 2.79. The van der Waals surface area contributed by atoms with Crippen molar-refractivity contribution < 1.29 is 9.90 Å². The average molecular weight is 265 g/mol. The molecular formula is C12H15N3O2S. The lowest BCUT2D eigenvalue weighted by Crippen LogP contribution is -2.36. The summed E-state index contributed by atoms with van der Waals surface area (Å²) in [6.45, 7) is 1.70. The Kier molecular flexibility index (Phi) is 4.22. The van der Waals surface area contributed by atoms with Crippen LogP contribution in [0.3, 0.4) is 0 Å². The Bertz CT molecular complexity index is 508. The Morgan fingerprint density at radius 3 is 3.06 bits per heavy atom. The first-order chi connectivity index (χ1) is 8.69. The van der Waals surface area contributed by atoms with Crippen LogP contribution in [-0.2, 0) is 4.79 Å². The number of hydrogen-bond acceptors (Lipinski definition) is 4. The molecule has 0 spiro atoms. The molecule has 96 valence electrons. The number of aliphatic hydroxyl groups is 1. The van der Waals surface area contributed by atoms with Crippen molar-refractivity contribution >= 4 is 28.7 Å². The van der Waals surface area contributed by atoms with Crippen LogP contribution >= 0.6 is 11.8 Å². The van der Waals surface area contributed by atoms with Gasteiger partial charge in [-0.2, -0.15) is 0 Å². The van der Waals surface area contributed by atoms with Gasteiger partial charge in [0.25, 0.3) is 0 Å². The van der Waals surface area contributed by atoms with Gasteiger partial charge in [0, 0.05) is 6.04 Å². The van der Waals surface area contributed by atoms with Crippen LogP contribution in [0.4, 0.5) is 0 Å². The lowest BCUT2D eigenvalue weighted by atomic mass is 10.3. The number of nitrogens with one attached hydrogen (secondary N) is 2. The number of aromatic nitrogens is 2. The molecule has 1 heterocycles. The molecule has 0 saturated carbocycles. The largest absolute Gasteiger partial charge is 0.394 e. The zero-order valence-corrected chi connectivity index (χ0v) is 10.8. The van der Waals surface area contributed by atoms with Crippen LogP contribution in [0.2, 0.25) is 0 Å². The molecule has 5 nitrogen and oxygen atoms in total. The molecule has 0 bridgehead atoms. The van der Waals surface area contributed by atoms with E-state index in [1.165, 1.54) is 11.8 Å². The minimum Gasteiger partial charge on any atom is -0.394 e. The molecule has 1 unspecified atom stereocenters. The fourth-order valence-corrected chi connectivity index (χ4v) is 2.19. The van der Waals surface area contributed by atoms with Gasteiger partial charge in [-0.1, -0.05) is 23.9 Å². The molecule has 3 N–H and O–H groups in total. The maximum atomic E-state index is 11.5. The van der Waals surface area contributed by atoms with Gasteiger partial charge in [0.05, 0.1) is 23.4 Å². The number of imidazole rings is 1. The fraction of sp³-hybridized carbons (Fsp3) is 0.333. The Balaban J connectivity index is 1.92. The Morgan fingerprint density at radius 1 is 1.56 bits per heavy atom. The molecule has 1 amide bonds. The van der Waals surface area contributed by atoms with Crippen LogP contribution in [0.5, 0.6) is 0 Å². The fourth-order valence-electron chi connectivity index (χ4n) is 1.49. The van der Waals surface area contributed by atoms with E-state index in [1.54, 1.807) is 6.92 Å². The van der Waals surface area contributed by atoms with Crippen LogP contribution in [0.15, 0.2) is 29.4 Å². The molecule has 1 aromatic carbocycles. The molecule has 18 heavy (non-hydrogen) atoms. The number of para-hydroxylation sites is 2. The van der Waals surface area contributed by atoms with E-state index in [4.69, 9.17) is 5.11 Å². The Morgan fingerprint density at radius 2 is 2.33 bits per heavy atom. The van der Waals surface area contributed by atoms with Crippen molar-refractivity contribution in [2.24, 2.45) is 0 Å². The summed E-state index contributed by atoms with van der Waals surface area (Å²) in [6.07, 6.45) is 0. The van der Waals surface area contributed by atoms with Gasteiger partial charge in [-0.3, -0.25) is 4.79 Å². The first kappa shape index (κ1) is 12.9. The van der Waals surface area contributed by atoms with Crippen LogP contribution in [0.1, 0.15) is 6.92 Å². The summed E-state index contributed by atoms with van der Waals surface area (Å²) in [6, 6.07) is 7.51. The van der Waals surface area contributed by atoms with Gasteiger partial charge in [-0.15, -0.1) is 0 Å². The number of amides is 1. The lowest BCUT2D eigenvalue weighted by molar-refractivity contribution is -0.119. The molecule has 0 fully saturated rings. The van der Waals surface area contributed by atoms with Gasteiger partial charge < -0.3 is 15.4 Å². The number of fused-ring (bicyclic) bond motifs is 1. The van der Waals surface area contributed by atoms with E-state index in [-0.39, 0.29) is 24.3 Å². The number of thioether (sulfide) groups is 1. The zero-order chi connectivity index (χ0) is 13.0. The van der Waals surface area contributed by atoms with Crippen molar-refractivity contribution in [3.63, 3.8) is 0 Å². The van der Waals surface area contributed by atoms with Crippen LogP contribution in [0.25, 0.3) is 11.0 Å². The molecule has 0 aliphatic rings. The van der Waals surface area contributed by atoms with Crippen LogP contribution < -0.4 is 5.32 Å². The second kappa shape index (κ2) is 5.88. The van der Waals surface area contributed by atoms with Crippen molar-refractivity contribution in [2.45, 2.75) is 18.1 Å². The highest BCUT2D eigenvalue weighted by Gasteiger charge is 2.08. The van der Waals surface area contributed by atoms with Gasteiger partial charge in [-0.05, 0) is 19.1 Å². The van der Waals surface area contributed by atoms with Crippen molar-refractivity contribution in [1.82, 2.24) is 15.3 Å². The van der Waals surface area contributed by atoms with Gasteiger partial charge in [0.1, 0.15) is 0 Å². The number of nitrogens with zero attached hydrogens (tertiary/aromatic N) is 1. The molecule has 6 heteroatoms. The van der Waals surface area contributed by atoms with Gasteiger partial charge in [0.2, 0.25) is 5.91 Å². The Labute approximate surface area is 109 Å². The summed E-state index contributed by atoms with van der Waals surface area (Å²) in [5.74, 6) is 0.173. The number of H-pyrrole nitrogens is 1. The molecule has 2 aromatic rings. The van der Waals surface area contributed by atoms with Crippen molar-refractivity contribution in [1.29, 1.82) is 0 Å². The van der Waals surface area contributed by atoms with E-state index >= 15 is 0 Å². The quantitative estimate of drug-likeness (QED) is 0.709. The SMILES string of the molecule is CC(CO)NC(=O)CSc1nc2ccccc2[nH]1. The normalized spacial score (nSPS) is 12.6. The van der Waals surface area contributed by atoms with Gasteiger partial charge >= 0.3 is 0 Å². The summed E-state index contributed by atoms with van der Waals surface area (Å²) in [7, 11) is 0. The number of rotatable bonds is 5. The Hall–Kier alpha value is -1.53. The minimum atomic E-state index is -0.214. The summed E-state index contributed by atoms with van der Waals surface area (Å²) in [5, 5.41) is 12.2. The van der Waals surface area contributed by atoms with E-state index in [0.717, 1.165) is 16.2 Å². The molecule has 0 aliphatic carbocycles. The smallest absolute Gasteiger partial charge is 0.230 e. The highest BCUT2D eigenvalue weighted by Crippen LogP contribution is 2.18. The van der Waals surface area contributed by atoms with Crippen LogP contribution in [-0.4, -0.2) is 39.4 Å². The third-order valence-electron chi connectivity index (χ3n) is 2.39. The highest BCUT2D eigenvalue weighted by molar-refractivity contribution is 7.99. The lowest BCUT2D eigenvalue weighted by Gasteiger charge is -2.09. The van der Waals surface area contributed by atoms with E-state index in [1.807, 2.05) is 24.3 Å². The van der Waals surface area contributed by atoms with Crippen molar-refractivity contribution in [3.05, 3.63) is 24.3 Å². The molecule has 0 aliphatic heterocycles. The highest BCUT2D eigenvalue weighted by atomic mass is 32.2. The number of carbonyl (C=O) groups excluding carboxylic acids is 1. The van der Waals surface area contributed by atoms with E-state index in [0.29, 0.717) is 0 Å². The number of aromatic amines is 1. The monoisotopic (exact) mass is 265 g/mol. The summed E-state index contributed by atoms with van der Waals surface area (Å²) in [5.41, 5.74) is 1.85. The van der Waals surface area contributed by atoms with Gasteiger partial charge in [-0.25, -0.2) is 4.98 Å². The van der Waals surface area contributed by atoms with Crippen molar-refractivity contribution in [2.75, 3.05) is 12.4 Å². The number of aliphatic hydroxyl groups excluding tert-OH is 1. The summed E-state index contributed by atoms with van der Waals surface area (Å²) in [4.78, 5) is 19.0. The first-order valence-electron chi connectivity index (χ1n) is 5.67. The number of benzene rings is 1. The number of hydrogen-bond donors (Lipinski definition) is 3. The molecule has 1 aromatic heterocycles. The van der Waals surface area contributed by atoms with Gasteiger partial charge in [0.15, 0.2) is 5.16 Å². The van der Waals surface area contributed by atoms with E-state index in [2.05, 4.69) is 15.3 Å². The van der Waals surface area contributed by atoms with Crippen molar-refractivity contribution in [3.8, 4) is 0 Å². The number of carbonyl (C=O) groups is 1. The topological polar surface area (TPSA) is 78.0 Å². The minimum absolute atomic E-state index is 0.0545. The third-order valence-corrected chi connectivity index (χ3v) is 3.26. The molecule has 2 rings (SSSR count).